The molecular weight excluding hydrogens is 400 g/mol. The maximum atomic E-state index is 12.6. The molecule has 0 spiro atoms. The second-order valence-electron chi connectivity index (χ2n) is 8.08. The van der Waals surface area contributed by atoms with Crippen LogP contribution in [0.4, 0.5) is 5.69 Å². The number of aryl methyl sites for hydroxylation is 1. The number of rotatable bonds is 11. The Morgan fingerprint density at radius 2 is 1.81 bits per heavy atom. The highest BCUT2D eigenvalue weighted by molar-refractivity contribution is 9.10. The number of carbonyl (C=O) groups excluding carboxylic acids is 1. The molecule has 27 heavy (non-hydrogen) atoms. The zero-order chi connectivity index (χ0) is 19.8. The second kappa shape index (κ2) is 10.9. The molecule has 1 aromatic heterocycles. The van der Waals surface area contributed by atoms with Gasteiger partial charge in [0.15, 0.2) is 0 Å². The summed E-state index contributed by atoms with van der Waals surface area (Å²) in [5, 5.41) is 4.29. The summed E-state index contributed by atoms with van der Waals surface area (Å²) in [5.41, 5.74) is 2.10. The lowest BCUT2D eigenvalue weighted by Crippen LogP contribution is -2.13. The summed E-state index contributed by atoms with van der Waals surface area (Å²) in [5.74, 6) is 1.46. The van der Waals surface area contributed by atoms with E-state index in [0.29, 0.717) is 18.3 Å². The van der Waals surface area contributed by atoms with Gasteiger partial charge in [0.25, 0.3) is 0 Å². The highest BCUT2D eigenvalue weighted by Crippen LogP contribution is 2.33. The molecule has 3 nitrogen and oxygen atoms in total. The first-order chi connectivity index (χ1) is 13.0. The van der Waals surface area contributed by atoms with Crippen molar-refractivity contribution in [1.82, 2.24) is 4.57 Å². The van der Waals surface area contributed by atoms with Gasteiger partial charge in [-0.05, 0) is 36.8 Å². The molecule has 2 rings (SSSR count). The summed E-state index contributed by atoms with van der Waals surface area (Å²) < 4.78 is 3.31. The average Bonchev–Trinajstić information content (AvgIpc) is 2.97. The predicted molar refractivity (Wildman–Crippen MR) is 120 cm³/mol. The van der Waals surface area contributed by atoms with Crippen LogP contribution in [-0.2, 0) is 11.3 Å². The number of fused-ring (bicyclic) bond motifs is 1. The highest BCUT2D eigenvalue weighted by Gasteiger charge is 2.15. The van der Waals surface area contributed by atoms with Crippen LogP contribution in [0.3, 0.4) is 0 Å². The summed E-state index contributed by atoms with van der Waals surface area (Å²) in [4.78, 5) is 12.6. The Labute approximate surface area is 173 Å². The van der Waals surface area contributed by atoms with Crippen LogP contribution < -0.4 is 5.32 Å². The maximum Gasteiger partial charge on any atom is 0.224 e. The Bertz CT molecular complexity index is 729. The number of hydrogen-bond donors (Lipinski definition) is 1. The monoisotopic (exact) mass is 434 g/mol. The molecule has 1 N–H and O–H groups in total. The van der Waals surface area contributed by atoms with E-state index in [1.54, 1.807) is 0 Å². The van der Waals surface area contributed by atoms with E-state index in [2.05, 4.69) is 71.8 Å². The number of nitrogens with zero attached hydrogens (tertiary/aromatic N) is 1. The molecule has 0 radical (unpaired) electrons. The number of halogens is 1. The van der Waals surface area contributed by atoms with Crippen molar-refractivity contribution in [3.05, 3.63) is 28.9 Å². The van der Waals surface area contributed by atoms with Crippen molar-refractivity contribution in [2.45, 2.75) is 79.2 Å². The highest BCUT2D eigenvalue weighted by atomic mass is 79.9. The number of carbonyl (C=O) groups is 1. The molecule has 0 saturated heterocycles. The van der Waals surface area contributed by atoms with Crippen molar-refractivity contribution in [2.75, 3.05) is 5.32 Å². The third-order valence-corrected chi connectivity index (χ3v) is 5.91. The minimum Gasteiger partial charge on any atom is -0.345 e. The number of anilines is 1. The standard InChI is InChI=1S/C23H35BrN2O/c1-5-8-18(9-6-2)12-13-22(27)25-20-16-26(15-14-17(3)4)21-11-7-10-19(24)23(20)21/h7,10-11,16-18H,5-6,8-9,12-15H2,1-4H3,(H,25,27). The summed E-state index contributed by atoms with van der Waals surface area (Å²) in [6.45, 7) is 9.91. The number of hydrogen-bond acceptors (Lipinski definition) is 1. The first kappa shape index (κ1) is 22.0. The quantitative estimate of drug-likeness (QED) is 0.392. The second-order valence-corrected chi connectivity index (χ2v) is 8.94. The molecule has 0 unspecified atom stereocenters. The Morgan fingerprint density at radius 3 is 2.44 bits per heavy atom. The van der Waals surface area contributed by atoms with Gasteiger partial charge >= 0.3 is 0 Å². The number of benzene rings is 1. The fraction of sp³-hybridized carbons (Fsp3) is 0.609. The summed E-state index contributed by atoms with van der Waals surface area (Å²) in [6, 6.07) is 6.24. The molecule has 0 fully saturated rings. The lowest BCUT2D eigenvalue weighted by atomic mass is 9.93. The first-order valence-electron chi connectivity index (χ1n) is 10.5. The van der Waals surface area contributed by atoms with Crippen molar-refractivity contribution in [3.63, 3.8) is 0 Å². The minimum absolute atomic E-state index is 0.130. The number of amides is 1. The van der Waals surface area contributed by atoms with Crippen molar-refractivity contribution < 1.29 is 4.79 Å². The Hall–Kier alpha value is -1.29. The van der Waals surface area contributed by atoms with Crippen molar-refractivity contribution >= 4 is 38.4 Å². The lowest BCUT2D eigenvalue weighted by Gasteiger charge is -2.14. The third-order valence-electron chi connectivity index (χ3n) is 5.25. The summed E-state index contributed by atoms with van der Waals surface area (Å²) in [7, 11) is 0. The van der Waals surface area contributed by atoms with E-state index in [1.165, 1.54) is 31.2 Å². The molecule has 1 amide bonds. The molecule has 0 atom stereocenters. The maximum absolute atomic E-state index is 12.6. The van der Waals surface area contributed by atoms with Crippen LogP contribution in [-0.4, -0.2) is 10.5 Å². The van der Waals surface area contributed by atoms with E-state index < -0.39 is 0 Å². The van der Waals surface area contributed by atoms with Gasteiger partial charge in [0.05, 0.1) is 11.2 Å². The molecule has 2 aromatic rings. The molecule has 0 aliphatic carbocycles. The summed E-state index contributed by atoms with van der Waals surface area (Å²) >= 11 is 3.67. The predicted octanol–water partition coefficient (Wildman–Crippen LogP) is 7.39. The van der Waals surface area contributed by atoms with Gasteiger partial charge < -0.3 is 9.88 Å². The van der Waals surface area contributed by atoms with Crippen LogP contribution in [0.5, 0.6) is 0 Å². The molecule has 1 aromatic carbocycles. The molecule has 150 valence electrons. The molecule has 0 bridgehead atoms. The largest absolute Gasteiger partial charge is 0.345 e. The van der Waals surface area contributed by atoms with Gasteiger partial charge in [0, 0.05) is 29.0 Å². The van der Waals surface area contributed by atoms with Gasteiger partial charge in [-0.1, -0.05) is 75.4 Å². The molecule has 0 saturated carbocycles. The van der Waals surface area contributed by atoms with E-state index >= 15 is 0 Å². The lowest BCUT2D eigenvalue weighted by molar-refractivity contribution is -0.116. The molecule has 4 heteroatoms. The van der Waals surface area contributed by atoms with Crippen LogP contribution >= 0.6 is 15.9 Å². The molecule has 1 heterocycles. The normalized spacial score (nSPS) is 11.7. The van der Waals surface area contributed by atoms with Gasteiger partial charge in [-0.3, -0.25) is 4.79 Å². The summed E-state index contributed by atoms with van der Waals surface area (Å²) in [6.07, 6.45) is 9.66. The molecule has 0 aliphatic rings. The van der Waals surface area contributed by atoms with E-state index in [4.69, 9.17) is 0 Å². The van der Waals surface area contributed by atoms with E-state index in [1.807, 2.05) is 6.07 Å². The van der Waals surface area contributed by atoms with Gasteiger partial charge in [-0.15, -0.1) is 0 Å². The Morgan fingerprint density at radius 1 is 1.11 bits per heavy atom. The first-order valence-corrected chi connectivity index (χ1v) is 11.3. The van der Waals surface area contributed by atoms with Crippen LogP contribution in [0.25, 0.3) is 10.9 Å². The van der Waals surface area contributed by atoms with Crippen LogP contribution in [0.1, 0.15) is 72.6 Å². The van der Waals surface area contributed by atoms with Crippen molar-refractivity contribution in [1.29, 1.82) is 0 Å². The van der Waals surface area contributed by atoms with Crippen molar-refractivity contribution in [2.24, 2.45) is 11.8 Å². The molecule has 0 aliphatic heterocycles. The smallest absolute Gasteiger partial charge is 0.224 e. The fourth-order valence-corrected chi connectivity index (χ4v) is 4.35. The fourth-order valence-electron chi connectivity index (χ4n) is 3.78. The number of aromatic nitrogens is 1. The van der Waals surface area contributed by atoms with Crippen molar-refractivity contribution in [3.8, 4) is 0 Å². The number of nitrogens with one attached hydrogen (secondary N) is 1. The van der Waals surface area contributed by atoms with Crippen LogP contribution in [0.2, 0.25) is 0 Å². The minimum atomic E-state index is 0.130. The van der Waals surface area contributed by atoms with E-state index in [-0.39, 0.29) is 5.91 Å². The van der Waals surface area contributed by atoms with Crippen LogP contribution in [0.15, 0.2) is 28.9 Å². The third kappa shape index (κ3) is 6.38. The van der Waals surface area contributed by atoms with Crippen LogP contribution in [0, 0.1) is 11.8 Å². The zero-order valence-corrected chi connectivity index (χ0v) is 18.9. The van der Waals surface area contributed by atoms with Gasteiger partial charge in [0.1, 0.15) is 0 Å². The van der Waals surface area contributed by atoms with E-state index in [9.17, 15) is 4.79 Å². The topological polar surface area (TPSA) is 34.0 Å². The average molecular weight is 435 g/mol. The Kier molecular flexibility index (Phi) is 8.88. The zero-order valence-electron chi connectivity index (χ0n) is 17.4. The Balaban J connectivity index is 2.11. The van der Waals surface area contributed by atoms with E-state index in [0.717, 1.165) is 34.9 Å². The SMILES string of the molecule is CCCC(CCC)CCC(=O)Nc1cn(CCC(C)C)c2cccc(Br)c12. The van der Waals surface area contributed by atoms with Gasteiger partial charge in [-0.2, -0.15) is 0 Å². The molecular formula is C23H35BrN2O. The van der Waals surface area contributed by atoms with Gasteiger partial charge in [0.2, 0.25) is 5.91 Å². The van der Waals surface area contributed by atoms with Gasteiger partial charge in [-0.25, -0.2) is 0 Å².